The Hall–Kier alpha value is -0.0800. The number of nitrogens with zero attached hydrogens (tertiary/aromatic N) is 2. The van der Waals surface area contributed by atoms with E-state index in [1.807, 2.05) is 13.8 Å². The van der Waals surface area contributed by atoms with Crippen LogP contribution in [-0.4, -0.2) is 50.1 Å². The van der Waals surface area contributed by atoms with Gasteiger partial charge < -0.3 is 9.80 Å². The molecule has 0 radical (unpaired) electrons. The molecule has 0 atom stereocenters. The Labute approximate surface area is 103 Å². The molecule has 0 spiro atoms. The van der Waals surface area contributed by atoms with Crippen LogP contribution < -0.4 is 0 Å². The van der Waals surface area contributed by atoms with E-state index < -0.39 is 0 Å². The predicted molar refractivity (Wildman–Crippen MR) is 74.0 cm³/mol. The van der Waals surface area contributed by atoms with Crippen LogP contribution in [0.25, 0.3) is 0 Å². The quantitative estimate of drug-likeness (QED) is 0.729. The Morgan fingerprint density at radius 1 is 0.875 bits per heavy atom. The highest BCUT2D eigenvalue weighted by molar-refractivity contribution is 4.76. The second kappa shape index (κ2) is 9.00. The van der Waals surface area contributed by atoms with E-state index in [9.17, 15) is 0 Å². The van der Waals surface area contributed by atoms with Crippen molar-refractivity contribution in [1.82, 2.24) is 9.80 Å². The highest BCUT2D eigenvalue weighted by atomic mass is 15.2. The summed E-state index contributed by atoms with van der Waals surface area (Å²) in [7, 11) is 6.58. The highest BCUT2D eigenvalue weighted by Gasteiger charge is 2.21. The average Bonchev–Trinajstić information content (AvgIpc) is 2.29. The van der Waals surface area contributed by atoms with Crippen LogP contribution in [-0.2, 0) is 0 Å². The molecule has 0 aromatic carbocycles. The minimum atomic E-state index is 0.853. The first-order valence-corrected chi connectivity index (χ1v) is 6.94. The second-order valence-corrected chi connectivity index (χ2v) is 5.20. The van der Waals surface area contributed by atoms with Gasteiger partial charge in [-0.05, 0) is 52.7 Å². The maximum Gasteiger partial charge on any atom is 0.0109 e. The Kier molecular flexibility index (Phi) is 8.96. The summed E-state index contributed by atoms with van der Waals surface area (Å²) in [5.41, 5.74) is 0. The molecule has 0 bridgehead atoms. The van der Waals surface area contributed by atoms with Crippen molar-refractivity contribution in [3.8, 4) is 0 Å². The van der Waals surface area contributed by atoms with Gasteiger partial charge in [0.05, 0.1) is 0 Å². The fraction of sp³-hybridized carbons (Fsp3) is 1.00. The smallest absolute Gasteiger partial charge is 0.0109 e. The zero-order chi connectivity index (χ0) is 12.6. The summed E-state index contributed by atoms with van der Waals surface area (Å²) in [4.78, 5) is 4.81. The van der Waals surface area contributed by atoms with Gasteiger partial charge in [0.1, 0.15) is 0 Å². The molecule has 0 amide bonds. The fourth-order valence-corrected chi connectivity index (χ4v) is 2.22. The Bertz CT molecular complexity index is 149. The van der Waals surface area contributed by atoms with Crippen molar-refractivity contribution < 1.29 is 0 Å². The molecule has 1 saturated carbocycles. The molecule has 0 aromatic rings. The molecule has 98 valence electrons. The molecule has 0 heterocycles. The molecule has 2 nitrogen and oxygen atoms in total. The molecule has 0 aromatic heterocycles. The van der Waals surface area contributed by atoms with Crippen LogP contribution in [0, 0.1) is 5.92 Å². The number of rotatable bonds is 4. The van der Waals surface area contributed by atoms with Crippen LogP contribution in [0.2, 0.25) is 0 Å². The van der Waals surface area contributed by atoms with E-state index in [0.717, 1.165) is 12.0 Å². The van der Waals surface area contributed by atoms with E-state index in [0.29, 0.717) is 0 Å². The normalized spacial score (nSPS) is 25.5. The standard InChI is InChI=1S/C12H26N2.C2H6/c1-11-5-7-12(8-6-11)14(4)10-9-13(2)3;1-2/h11-12H,5-10H2,1-4H3;1-2H3. The van der Waals surface area contributed by atoms with Crippen molar-refractivity contribution in [2.24, 2.45) is 5.92 Å². The van der Waals surface area contributed by atoms with Gasteiger partial charge in [0.2, 0.25) is 0 Å². The van der Waals surface area contributed by atoms with Crippen LogP contribution in [0.15, 0.2) is 0 Å². The van der Waals surface area contributed by atoms with Gasteiger partial charge in [0.15, 0.2) is 0 Å². The first kappa shape index (κ1) is 15.9. The van der Waals surface area contributed by atoms with Crippen LogP contribution in [0.5, 0.6) is 0 Å². The second-order valence-electron chi connectivity index (χ2n) is 5.20. The summed E-state index contributed by atoms with van der Waals surface area (Å²) in [5, 5.41) is 0. The summed E-state index contributed by atoms with van der Waals surface area (Å²) >= 11 is 0. The first-order chi connectivity index (χ1) is 7.59. The molecule has 1 aliphatic rings. The van der Waals surface area contributed by atoms with E-state index in [2.05, 4.69) is 37.9 Å². The zero-order valence-electron chi connectivity index (χ0n) is 12.3. The molecule has 2 heteroatoms. The van der Waals surface area contributed by atoms with Gasteiger partial charge in [-0.25, -0.2) is 0 Å². The lowest BCUT2D eigenvalue weighted by Crippen LogP contribution is -2.38. The third-order valence-corrected chi connectivity index (χ3v) is 3.51. The average molecular weight is 228 g/mol. The molecule has 16 heavy (non-hydrogen) atoms. The van der Waals surface area contributed by atoms with Crippen molar-refractivity contribution in [3.05, 3.63) is 0 Å². The lowest BCUT2D eigenvalue weighted by Gasteiger charge is -2.34. The number of hydrogen-bond acceptors (Lipinski definition) is 2. The molecule has 1 fully saturated rings. The summed E-state index contributed by atoms with van der Waals surface area (Å²) in [6, 6.07) is 0.853. The van der Waals surface area contributed by atoms with Gasteiger partial charge in [-0.3, -0.25) is 0 Å². The lowest BCUT2D eigenvalue weighted by atomic mass is 9.87. The Balaban J connectivity index is 0.00000106. The van der Waals surface area contributed by atoms with Gasteiger partial charge >= 0.3 is 0 Å². The van der Waals surface area contributed by atoms with E-state index >= 15 is 0 Å². The first-order valence-electron chi connectivity index (χ1n) is 6.94. The van der Waals surface area contributed by atoms with E-state index in [1.165, 1.54) is 38.8 Å². The Morgan fingerprint density at radius 3 is 1.81 bits per heavy atom. The number of likely N-dealkylation sites (N-methyl/N-ethyl adjacent to an activating group) is 2. The molecular formula is C14H32N2. The topological polar surface area (TPSA) is 6.48 Å². The van der Waals surface area contributed by atoms with Crippen molar-refractivity contribution in [3.63, 3.8) is 0 Å². The van der Waals surface area contributed by atoms with E-state index in [4.69, 9.17) is 0 Å². The van der Waals surface area contributed by atoms with Crippen molar-refractivity contribution in [2.75, 3.05) is 34.2 Å². The third-order valence-electron chi connectivity index (χ3n) is 3.51. The number of hydrogen-bond donors (Lipinski definition) is 0. The minimum absolute atomic E-state index is 0.853. The van der Waals surface area contributed by atoms with Gasteiger partial charge in [0, 0.05) is 19.1 Å². The minimum Gasteiger partial charge on any atom is -0.308 e. The zero-order valence-corrected chi connectivity index (χ0v) is 12.3. The van der Waals surface area contributed by atoms with E-state index in [1.54, 1.807) is 0 Å². The van der Waals surface area contributed by atoms with Crippen LogP contribution in [0.1, 0.15) is 46.5 Å². The molecule has 0 saturated heterocycles. The van der Waals surface area contributed by atoms with Crippen molar-refractivity contribution in [2.45, 2.75) is 52.5 Å². The van der Waals surface area contributed by atoms with Gasteiger partial charge in [-0.1, -0.05) is 20.8 Å². The van der Waals surface area contributed by atoms with Crippen LogP contribution in [0.3, 0.4) is 0 Å². The highest BCUT2D eigenvalue weighted by Crippen LogP contribution is 2.26. The SMILES string of the molecule is CC.CC1CCC(N(C)CCN(C)C)CC1. The van der Waals surface area contributed by atoms with E-state index in [-0.39, 0.29) is 0 Å². The molecular weight excluding hydrogens is 196 g/mol. The van der Waals surface area contributed by atoms with Crippen molar-refractivity contribution >= 4 is 0 Å². The van der Waals surface area contributed by atoms with Gasteiger partial charge in [0.25, 0.3) is 0 Å². The monoisotopic (exact) mass is 228 g/mol. The summed E-state index contributed by atoms with van der Waals surface area (Å²) < 4.78 is 0. The molecule has 0 aliphatic heterocycles. The van der Waals surface area contributed by atoms with Crippen molar-refractivity contribution in [1.29, 1.82) is 0 Å². The van der Waals surface area contributed by atoms with Crippen LogP contribution in [0.4, 0.5) is 0 Å². The van der Waals surface area contributed by atoms with Gasteiger partial charge in [-0.2, -0.15) is 0 Å². The summed E-state index contributed by atoms with van der Waals surface area (Å²) in [6.07, 6.45) is 5.67. The molecule has 0 N–H and O–H groups in total. The summed E-state index contributed by atoms with van der Waals surface area (Å²) in [5.74, 6) is 0.966. The summed E-state index contributed by atoms with van der Waals surface area (Å²) in [6.45, 7) is 8.78. The maximum absolute atomic E-state index is 2.55. The molecule has 1 rings (SSSR count). The molecule has 1 aliphatic carbocycles. The third kappa shape index (κ3) is 6.49. The molecule has 0 unspecified atom stereocenters. The largest absolute Gasteiger partial charge is 0.308 e. The maximum atomic E-state index is 2.55. The Morgan fingerprint density at radius 2 is 1.38 bits per heavy atom. The van der Waals surface area contributed by atoms with Gasteiger partial charge in [-0.15, -0.1) is 0 Å². The predicted octanol–water partition coefficient (Wildman–Crippen LogP) is 3.08. The lowest BCUT2D eigenvalue weighted by molar-refractivity contribution is 0.159. The van der Waals surface area contributed by atoms with Crippen LogP contribution >= 0.6 is 0 Å². The fourth-order valence-electron chi connectivity index (χ4n) is 2.22.